The van der Waals surface area contributed by atoms with E-state index in [0.29, 0.717) is 6.42 Å². The fourth-order valence-corrected chi connectivity index (χ4v) is 1.36. The third kappa shape index (κ3) is 2.83. The van der Waals surface area contributed by atoms with Crippen molar-refractivity contribution >= 4 is 5.97 Å². The lowest BCUT2D eigenvalue weighted by molar-refractivity contribution is -0.141. The zero-order chi connectivity index (χ0) is 10.4. The van der Waals surface area contributed by atoms with Gasteiger partial charge in [0, 0.05) is 17.8 Å². The molecule has 0 radical (unpaired) electrons. The second-order valence-electron chi connectivity index (χ2n) is 3.14. The van der Waals surface area contributed by atoms with Gasteiger partial charge in [-0.1, -0.05) is 13.0 Å². The number of carbonyl (C=O) groups is 1. The number of rotatable bonds is 4. The number of carbonyl (C=O) groups excluding carboxylic acids is 1. The molecule has 3 nitrogen and oxygen atoms in total. The van der Waals surface area contributed by atoms with Gasteiger partial charge in [0.1, 0.15) is 0 Å². The molecule has 0 aliphatic rings. The largest absolute Gasteiger partial charge is 0.469 e. The van der Waals surface area contributed by atoms with Crippen molar-refractivity contribution in [2.75, 3.05) is 7.11 Å². The number of hydrogen-bond donors (Lipinski definition) is 0. The molecule has 0 saturated carbocycles. The molecular formula is C11H15NO2. The van der Waals surface area contributed by atoms with Gasteiger partial charge < -0.3 is 4.74 Å². The second kappa shape index (κ2) is 5.37. The Morgan fingerprint density at radius 2 is 2.36 bits per heavy atom. The van der Waals surface area contributed by atoms with Crippen LogP contribution in [0, 0.1) is 0 Å². The smallest absolute Gasteiger partial charge is 0.306 e. The average molecular weight is 193 g/mol. The van der Waals surface area contributed by atoms with Gasteiger partial charge in [0.15, 0.2) is 0 Å². The summed E-state index contributed by atoms with van der Waals surface area (Å²) in [7, 11) is 1.41. The molecule has 1 rings (SSSR count). The van der Waals surface area contributed by atoms with Crippen LogP contribution in [-0.2, 0) is 9.53 Å². The lowest BCUT2D eigenvalue weighted by Gasteiger charge is -2.12. The molecule has 1 heterocycles. The van der Waals surface area contributed by atoms with Crippen molar-refractivity contribution in [2.45, 2.75) is 25.7 Å². The molecule has 1 unspecified atom stereocenters. The molecule has 0 N–H and O–H groups in total. The highest BCUT2D eigenvalue weighted by Crippen LogP contribution is 2.21. The molecular weight excluding hydrogens is 178 g/mol. The summed E-state index contributed by atoms with van der Waals surface area (Å²) in [6, 6.07) is 5.74. The highest BCUT2D eigenvalue weighted by Gasteiger charge is 2.15. The third-order valence-electron chi connectivity index (χ3n) is 2.24. The number of pyridine rings is 1. The zero-order valence-electron chi connectivity index (χ0n) is 8.56. The Bertz CT molecular complexity index is 285. The number of ether oxygens (including phenoxy) is 1. The first-order valence-corrected chi connectivity index (χ1v) is 4.75. The van der Waals surface area contributed by atoms with Crippen LogP contribution < -0.4 is 0 Å². The Labute approximate surface area is 84.1 Å². The lowest BCUT2D eigenvalue weighted by Crippen LogP contribution is -2.09. The molecule has 0 fully saturated rings. The normalized spacial score (nSPS) is 12.1. The molecule has 0 saturated heterocycles. The molecule has 0 bridgehead atoms. The van der Waals surface area contributed by atoms with Crippen molar-refractivity contribution in [3.63, 3.8) is 0 Å². The van der Waals surface area contributed by atoms with E-state index in [1.807, 2.05) is 25.1 Å². The maximum absolute atomic E-state index is 11.1. The van der Waals surface area contributed by atoms with Gasteiger partial charge in [0.05, 0.1) is 13.5 Å². The maximum atomic E-state index is 11.1. The summed E-state index contributed by atoms with van der Waals surface area (Å²) in [4.78, 5) is 15.3. The molecule has 1 aromatic heterocycles. The van der Waals surface area contributed by atoms with Gasteiger partial charge >= 0.3 is 5.97 Å². The van der Waals surface area contributed by atoms with Crippen molar-refractivity contribution in [1.29, 1.82) is 0 Å². The maximum Gasteiger partial charge on any atom is 0.306 e. The zero-order valence-corrected chi connectivity index (χ0v) is 8.56. The Morgan fingerprint density at radius 1 is 1.57 bits per heavy atom. The van der Waals surface area contributed by atoms with Crippen molar-refractivity contribution in [3.05, 3.63) is 30.1 Å². The first kappa shape index (κ1) is 10.7. The van der Waals surface area contributed by atoms with Crippen molar-refractivity contribution < 1.29 is 9.53 Å². The van der Waals surface area contributed by atoms with Crippen LogP contribution in [0.15, 0.2) is 24.4 Å². The number of methoxy groups -OCH3 is 1. The van der Waals surface area contributed by atoms with Gasteiger partial charge in [-0.3, -0.25) is 9.78 Å². The predicted octanol–water partition coefficient (Wildman–Crippen LogP) is 2.14. The molecule has 1 aromatic rings. The van der Waals surface area contributed by atoms with E-state index in [9.17, 15) is 4.79 Å². The monoisotopic (exact) mass is 193 g/mol. The lowest BCUT2D eigenvalue weighted by atomic mass is 9.98. The molecule has 76 valence electrons. The van der Waals surface area contributed by atoms with E-state index in [0.717, 1.165) is 12.1 Å². The van der Waals surface area contributed by atoms with Gasteiger partial charge in [-0.25, -0.2) is 0 Å². The minimum absolute atomic E-state index is 0.170. The predicted molar refractivity (Wildman–Crippen MR) is 53.9 cm³/mol. The van der Waals surface area contributed by atoms with Crippen LogP contribution in [0.5, 0.6) is 0 Å². The van der Waals surface area contributed by atoms with E-state index in [1.165, 1.54) is 7.11 Å². The summed E-state index contributed by atoms with van der Waals surface area (Å²) >= 11 is 0. The molecule has 0 aliphatic carbocycles. The summed E-state index contributed by atoms with van der Waals surface area (Å²) in [5.74, 6) is -0.00819. The van der Waals surface area contributed by atoms with E-state index in [1.54, 1.807) is 6.20 Å². The molecule has 3 heteroatoms. The first-order chi connectivity index (χ1) is 6.77. The average Bonchev–Trinajstić information content (AvgIpc) is 2.26. The van der Waals surface area contributed by atoms with E-state index in [4.69, 9.17) is 0 Å². The molecule has 0 aromatic carbocycles. The summed E-state index contributed by atoms with van der Waals surface area (Å²) in [5, 5.41) is 0. The Morgan fingerprint density at radius 3 is 2.86 bits per heavy atom. The van der Waals surface area contributed by atoms with Gasteiger partial charge in [-0.05, 0) is 18.6 Å². The highest BCUT2D eigenvalue weighted by atomic mass is 16.5. The van der Waals surface area contributed by atoms with E-state index in [2.05, 4.69) is 9.72 Å². The van der Waals surface area contributed by atoms with Gasteiger partial charge in [0.25, 0.3) is 0 Å². The SMILES string of the molecule is CCC(CC(=O)OC)c1ccccn1. The molecule has 0 aliphatic heterocycles. The van der Waals surface area contributed by atoms with E-state index < -0.39 is 0 Å². The molecule has 0 spiro atoms. The Hall–Kier alpha value is -1.38. The third-order valence-corrected chi connectivity index (χ3v) is 2.24. The number of hydrogen-bond acceptors (Lipinski definition) is 3. The molecule has 14 heavy (non-hydrogen) atoms. The summed E-state index contributed by atoms with van der Waals surface area (Å²) in [5.41, 5.74) is 0.959. The summed E-state index contributed by atoms with van der Waals surface area (Å²) in [6.45, 7) is 2.04. The number of nitrogens with zero attached hydrogens (tertiary/aromatic N) is 1. The van der Waals surface area contributed by atoms with Gasteiger partial charge in [-0.15, -0.1) is 0 Å². The molecule has 0 amide bonds. The fourth-order valence-electron chi connectivity index (χ4n) is 1.36. The highest BCUT2D eigenvalue weighted by molar-refractivity contribution is 5.70. The first-order valence-electron chi connectivity index (χ1n) is 4.75. The topological polar surface area (TPSA) is 39.2 Å². The van der Waals surface area contributed by atoms with Crippen LogP contribution in [0.4, 0.5) is 0 Å². The summed E-state index contributed by atoms with van der Waals surface area (Å²) < 4.78 is 4.64. The van der Waals surface area contributed by atoms with Crippen LogP contribution in [0.3, 0.4) is 0 Å². The summed E-state index contributed by atoms with van der Waals surface area (Å²) in [6.07, 6.45) is 3.05. The Kier molecular flexibility index (Phi) is 4.11. The van der Waals surface area contributed by atoms with Crippen LogP contribution in [0.25, 0.3) is 0 Å². The van der Waals surface area contributed by atoms with Crippen LogP contribution >= 0.6 is 0 Å². The second-order valence-corrected chi connectivity index (χ2v) is 3.14. The number of aromatic nitrogens is 1. The van der Waals surface area contributed by atoms with Crippen LogP contribution in [0.2, 0.25) is 0 Å². The van der Waals surface area contributed by atoms with Crippen LogP contribution in [0.1, 0.15) is 31.4 Å². The van der Waals surface area contributed by atoms with Crippen molar-refractivity contribution in [2.24, 2.45) is 0 Å². The van der Waals surface area contributed by atoms with Crippen LogP contribution in [-0.4, -0.2) is 18.1 Å². The Balaban J connectivity index is 2.68. The molecule has 1 atom stereocenters. The standard InChI is InChI=1S/C11H15NO2/c1-3-9(8-11(13)14-2)10-6-4-5-7-12-10/h4-7,9H,3,8H2,1-2H3. The van der Waals surface area contributed by atoms with Gasteiger partial charge in [0.2, 0.25) is 0 Å². The quantitative estimate of drug-likeness (QED) is 0.688. The van der Waals surface area contributed by atoms with Gasteiger partial charge in [-0.2, -0.15) is 0 Å². The fraction of sp³-hybridized carbons (Fsp3) is 0.455. The van der Waals surface area contributed by atoms with Crippen molar-refractivity contribution in [1.82, 2.24) is 4.98 Å². The minimum Gasteiger partial charge on any atom is -0.469 e. The van der Waals surface area contributed by atoms with E-state index >= 15 is 0 Å². The minimum atomic E-state index is -0.178. The number of esters is 1. The van der Waals surface area contributed by atoms with E-state index in [-0.39, 0.29) is 11.9 Å². The van der Waals surface area contributed by atoms with Crippen molar-refractivity contribution in [3.8, 4) is 0 Å².